The molecule has 8 heteroatoms. The molecule has 2 heterocycles. The average molecular weight is 371 g/mol. The minimum atomic E-state index is -0.0882. The number of anilines is 1. The molecule has 3 rings (SSSR count). The van der Waals surface area contributed by atoms with E-state index < -0.39 is 0 Å². The molecular weight excluding hydrogens is 350 g/mol. The van der Waals surface area contributed by atoms with E-state index in [9.17, 15) is 4.79 Å². The Morgan fingerprint density at radius 2 is 2.00 bits per heavy atom. The third-order valence-electron chi connectivity index (χ3n) is 3.75. The summed E-state index contributed by atoms with van der Waals surface area (Å²) in [6.45, 7) is 6.12. The molecule has 1 aromatic carbocycles. The second kappa shape index (κ2) is 8.18. The number of carbonyl (C=O) groups is 1. The van der Waals surface area contributed by atoms with Crippen molar-refractivity contribution in [3.05, 3.63) is 40.7 Å². The van der Waals surface area contributed by atoms with Gasteiger partial charge in [-0.25, -0.2) is 0 Å². The molecule has 26 heavy (non-hydrogen) atoms. The number of aromatic nitrogens is 4. The van der Waals surface area contributed by atoms with Gasteiger partial charge in [0.25, 0.3) is 0 Å². The molecule has 0 spiro atoms. The molecular formula is C18H21N5O2S. The van der Waals surface area contributed by atoms with Crippen molar-refractivity contribution in [2.75, 3.05) is 5.32 Å². The minimum absolute atomic E-state index is 0.0882. The van der Waals surface area contributed by atoms with Crippen molar-refractivity contribution in [2.24, 2.45) is 0 Å². The molecule has 0 aliphatic heterocycles. The van der Waals surface area contributed by atoms with Crippen molar-refractivity contribution in [3.63, 3.8) is 0 Å². The maximum Gasteiger partial charge on any atom is 0.226 e. The van der Waals surface area contributed by atoms with Crippen LogP contribution in [-0.2, 0) is 11.2 Å². The van der Waals surface area contributed by atoms with Crippen molar-refractivity contribution in [1.82, 2.24) is 20.3 Å². The van der Waals surface area contributed by atoms with Crippen LogP contribution in [0.4, 0.5) is 5.13 Å². The Balaban J connectivity index is 1.47. The fraction of sp³-hybridized carbons (Fsp3) is 0.389. The fourth-order valence-electron chi connectivity index (χ4n) is 2.28. The van der Waals surface area contributed by atoms with Crippen LogP contribution in [0, 0.1) is 6.92 Å². The number of aryl methyl sites for hydroxylation is 2. The van der Waals surface area contributed by atoms with Crippen molar-refractivity contribution >= 4 is 22.4 Å². The van der Waals surface area contributed by atoms with Crippen LogP contribution in [0.3, 0.4) is 0 Å². The monoisotopic (exact) mass is 371 g/mol. The van der Waals surface area contributed by atoms with E-state index >= 15 is 0 Å². The summed E-state index contributed by atoms with van der Waals surface area (Å²) in [5.74, 6) is 1.32. The quantitative estimate of drug-likeness (QED) is 0.675. The second-order valence-electron chi connectivity index (χ2n) is 6.38. The number of amides is 1. The number of benzene rings is 1. The molecule has 136 valence electrons. The summed E-state index contributed by atoms with van der Waals surface area (Å²) >= 11 is 1.41. The Morgan fingerprint density at radius 1 is 1.23 bits per heavy atom. The molecule has 0 saturated carbocycles. The van der Waals surface area contributed by atoms with Gasteiger partial charge in [0.15, 0.2) is 0 Å². The molecule has 0 bridgehead atoms. The average Bonchev–Trinajstić information content (AvgIpc) is 3.25. The van der Waals surface area contributed by atoms with E-state index in [0.29, 0.717) is 42.0 Å². The summed E-state index contributed by atoms with van der Waals surface area (Å²) in [6.07, 6.45) is 1.54. The highest BCUT2D eigenvalue weighted by Gasteiger charge is 2.12. The summed E-state index contributed by atoms with van der Waals surface area (Å²) in [4.78, 5) is 16.4. The minimum Gasteiger partial charge on any atom is -0.339 e. The lowest BCUT2D eigenvalue weighted by Gasteiger charge is -1.99. The molecule has 0 aliphatic rings. The van der Waals surface area contributed by atoms with E-state index in [1.165, 1.54) is 16.9 Å². The largest absolute Gasteiger partial charge is 0.339 e. The lowest BCUT2D eigenvalue weighted by molar-refractivity contribution is -0.116. The lowest BCUT2D eigenvalue weighted by Crippen LogP contribution is -2.11. The van der Waals surface area contributed by atoms with Gasteiger partial charge in [0, 0.05) is 24.3 Å². The molecule has 0 atom stereocenters. The van der Waals surface area contributed by atoms with Gasteiger partial charge in [0.05, 0.1) is 0 Å². The van der Waals surface area contributed by atoms with Crippen LogP contribution in [0.2, 0.25) is 0 Å². The van der Waals surface area contributed by atoms with E-state index in [4.69, 9.17) is 4.52 Å². The molecule has 1 amide bonds. The highest BCUT2D eigenvalue weighted by Crippen LogP contribution is 2.22. The molecule has 3 aromatic rings. The van der Waals surface area contributed by atoms with Crippen LogP contribution in [0.25, 0.3) is 11.4 Å². The Hall–Kier alpha value is -2.61. The summed E-state index contributed by atoms with van der Waals surface area (Å²) in [7, 11) is 0. The highest BCUT2D eigenvalue weighted by molar-refractivity contribution is 7.15. The normalized spacial score (nSPS) is 11.1. The number of rotatable bonds is 7. The highest BCUT2D eigenvalue weighted by atomic mass is 32.1. The standard InChI is InChI=1S/C18H21N5O2S/c1-11(2)17-21-22-18(26-17)19-14(24)5-4-6-15-20-16(23-25-15)13-9-7-12(3)8-10-13/h7-11H,4-6H2,1-3H3,(H,19,22,24). The zero-order valence-corrected chi connectivity index (χ0v) is 15.8. The van der Waals surface area contributed by atoms with Gasteiger partial charge in [-0.1, -0.05) is 60.2 Å². The van der Waals surface area contributed by atoms with Gasteiger partial charge in [-0.2, -0.15) is 4.98 Å². The molecule has 2 aromatic heterocycles. The number of hydrogen-bond donors (Lipinski definition) is 1. The zero-order valence-electron chi connectivity index (χ0n) is 15.0. The summed E-state index contributed by atoms with van der Waals surface area (Å²) in [6, 6.07) is 7.94. The molecule has 7 nitrogen and oxygen atoms in total. The topological polar surface area (TPSA) is 93.8 Å². The van der Waals surface area contributed by atoms with E-state index in [1.807, 2.05) is 45.0 Å². The lowest BCUT2D eigenvalue weighted by atomic mass is 10.1. The molecule has 1 N–H and O–H groups in total. The smallest absolute Gasteiger partial charge is 0.226 e. The first-order chi connectivity index (χ1) is 12.5. The Kier molecular flexibility index (Phi) is 5.72. The third kappa shape index (κ3) is 4.72. The predicted molar refractivity (Wildman–Crippen MR) is 100 cm³/mol. The number of nitrogens with one attached hydrogen (secondary N) is 1. The molecule has 0 saturated heterocycles. The van der Waals surface area contributed by atoms with Gasteiger partial charge in [-0.15, -0.1) is 10.2 Å². The number of nitrogens with zero attached hydrogens (tertiary/aromatic N) is 4. The van der Waals surface area contributed by atoms with E-state index in [0.717, 1.165) is 10.6 Å². The third-order valence-corrected chi connectivity index (χ3v) is 4.89. The maximum absolute atomic E-state index is 12.0. The molecule has 0 aliphatic carbocycles. The maximum atomic E-state index is 12.0. The van der Waals surface area contributed by atoms with E-state index in [2.05, 4.69) is 25.7 Å². The van der Waals surface area contributed by atoms with Crippen molar-refractivity contribution < 1.29 is 9.32 Å². The first-order valence-electron chi connectivity index (χ1n) is 8.54. The van der Waals surface area contributed by atoms with Crippen LogP contribution in [-0.4, -0.2) is 26.2 Å². The molecule has 0 radical (unpaired) electrons. The van der Waals surface area contributed by atoms with E-state index in [1.54, 1.807) is 0 Å². The van der Waals surface area contributed by atoms with Crippen molar-refractivity contribution in [1.29, 1.82) is 0 Å². The summed E-state index contributed by atoms with van der Waals surface area (Å²) in [5.41, 5.74) is 2.10. The van der Waals surface area contributed by atoms with Gasteiger partial charge in [0.1, 0.15) is 5.01 Å². The number of carbonyl (C=O) groups excluding carboxylic acids is 1. The van der Waals surface area contributed by atoms with Gasteiger partial charge in [-0.05, 0) is 13.3 Å². The number of hydrogen-bond acceptors (Lipinski definition) is 7. The first kappa shape index (κ1) is 18.2. The first-order valence-corrected chi connectivity index (χ1v) is 9.36. The van der Waals surface area contributed by atoms with Crippen LogP contribution in [0.1, 0.15) is 49.1 Å². The van der Waals surface area contributed by atoms with Crippen molar-refractivity contribution in [3.8, 4) is 11.4 Å². The van der Waals surface area contributed by atoms with Gasteiger partial charge < -0.3 is 9.84 Å². The Morgan fingerprint density at radius 3 is 2.69 bits per heavy atom. The summed E-state index contributed by atoms with van der Waals surface area (Å²) in [5, 5.41) is 16.3. The molecule has 0 fully saturated rings. The van der Waals surface area contributed by atoms with Crippen LogP contribution in [0.15, 0.2) is 28.8 Å². The Labute approximate surface area is 155 Å². The van der Waals surface area contributed by atoms with E-state index in [-0.39, 0.29) is 5.91 Å². The zero-order chi connectivity index (χ0) is 18.5. The van der Waals surface area contributed by atoms with Crippen molar-refractivity contribution in [2.45, 2.75) is 46.0 Å². The van der Waals surface area contributed by atoms with Gasteiger partial charge in [-0.3, -0.25) is 4.79 Å². The summed E-state index contributed by atoms with van der Waals surface area (Å²) < 4.78 is 5.27. The second-order valence-corrected chi connectivity index (χ2v) is 7.39. The van der Waals surface area contributed by atoms with Gasteiger partial charge in [0.2, 0.25) is 22.8 Å². The van der Waals surface area contributed by atoms with Crippen LogP contribution < -0.4 is 5.32 Å². The van der Waals surface area contributed by atoms with Crippen LogP contribution in [0.5, 0.6) is 0 Å². The SMILES string of the molecule is Cc1ccc(-c2noc(CCCC(=O)Nc3nnc(C(C)C)s3)n2)cc1. The van der Waals surface area contributed by atoms with Gasteiger partial charge >= 0.3 is 0 Å². The van der Waals surface area contributed by atoms with Crippen LogP contribution >= 0.6 is 11.3 Å². The fourth-order valence-corrected chi connectivity index (χ4v) is 3.04. The molecule has 0 unspecified atom stereocenters. The predicted octanol–water partition coefficient (Wildman–Crippen LogP) is 3.98. The Bertz CT molecular complexity index is 870.